The topological polar surface area (TPSA) is 81.9 Å². The van der Waals surface area contributed by atoms with Crippen LogP contribution >= 0.6 is 0 Å². The summed E-state index contributed by atoms with van der Waals surface area (Å²) in [5.41, 5.74) is 5.05. The molecule has 2 N–H and O–H groups in total. The standard InChI is InChI=1S/C13H24N2O4/c1-18-10-19-11-6-8-15(9-7-11)13(17)5-3-2-4-12(14)16/h11H,2-10H2,1H3,(H2,14,16). The molecule has 1 aliphatic heterocycles. The number of ether oxygens (including phenoxy) is 2. The molecule has 0 unspecified atom stereocenters. The Morgan fingerprint density at radius 3 is 2.42 bits per heavy atom. The first-order valence-corrected chi connectivity index (χ1v) is 6.80. The highest BCUT2D eigenvalue weighted by atomic mass is 16.7. The summed E-state index contributed by atoms with van der Waals surface area (Å²) >= 11 is 0. The molecule has 0 radical (unpaired) electrons. The van der Waals surface area contributed by atoms with Crippen LogP contribution in [0, 0.1) is 0 Å². The number of carbonyl (C=O) groups excluding carboxylic acids is 2. The molecule has 1 saturated heterocycles. The van der Waals surface area contributed by atoms with Crippen molar-refractivity contribution in [1.29, 1.82) is 0 Å². The van der Waals surface area contributed by atoms with Crippen LogP contribution in [0.25, 0.3) is 0 Å². The summed E-state index contributed by atoms with van der Waals surface area (Å²) in [7, 11) is 1.60. The number of likely N-dealkylation sites (tertiary alicyclic amines) is 1. The minimum Gasteiger partial charge on any atom is -0.370 e. The summed E-state index contributed by atoms with van der Waals surface area (Å²) < 4.78 is 10.3. The highest BCUT2D eigenvalue weighted by Gasteiger charge is 2.22. The molecular formula is C13H24N2O4. The average molecular weight is 272 g/mol. The summed E-state index contributed by atoms with van der Waals surface area (Å²) in [5.74, 6) is -0.141. The average Bonchev–Trinajstić information content (AvgIpc) is 2.41. The molecule has 1 rings (SSSR count). The quantitative estimate of drug-likeness (QED) is 0.519. The Balaban J connectivity index is 2.12. The first kappa shape index (κ1) is 15.9. The number of nitrogens with two attached hydrogens (primary N) is 1. The molecule has 6 heteroatoms. The SMILES string of the molecule is COCOC1CCN(C(=O)CCCCC(N)=O)CC1. The lowest BCUT2D eigenvalue weighted by Gasteiger charge is -2.31. The number of primary amides is 1. The van der Waals surface area contributed by atoms with Gasteiger partial charge in [-0.2, -0.15) is 0 Å². The zero-order chi connectivity index (χ0) is 14.1. The van der Waals surface area contributed by atoms with E-state index >= 15 is 0 Å². The monoisotopic (exact) mass is 272 g/mol. The van der Waals surface area contributed by atoms with E-state index in [0.29, 0.717) is 26.1 Å². The second-order valence-electron chi connectivity index (χ2n) is 4.83. The van der Waals surface area contributed by atoms with E-state index in [4.69, 9.17) is 15.2 Å². The van der Waals surface area contributed by atoms with Crippen molar-refractivity contribution in [3.05, 3.63) is 0 Å². The molecule has 2 amide bonds. The van der Waals surface area contributed by atoms with E-state index in [1.165, 1.54) is 0 Å². The van der Waals surface area contributed by atoms with Crippen LogP contribution in [-0.4, -0.2) is 49.8 Å². The van der Waals surface area contributed by atoms with Crippen molar-refractivity contribution in [2.24, 2.45) is 5.73 Å². The van der Waals surface area contributed by atoms with E-state index in [2.05, 4.69) is 0 Å². The van der Waals surface area contributed by atoms with Crippen molar-refractivity contribution in [1.82, 2.24) is 4.90 Å². The number of piperidine rings is 1. The molecule has 0 saturated carbocycles. The Morgan fingerprint density at radius 2 is 1.84 bits per heavy atom. The van der Waals surface area contributed by atoms with E-state index in [9.17, 15) is 9.59 Å². The Bertz CT molecular complexity index is 288. The van der Waals surface area contributed by atoms with Gasteiger partial charge in [0, 0.05) is 33.0 Å². The van der Waals surface area contributed by atoms with E-state index in [1.807, 2.05) is 4.90 Å². The van der Waals surface area contributed by atoms with Gasteiger partial charge in [0.15, 0.2) is 0 Å². The lowest BCUT2D eigenvalue weighted by molar-refractivity contribution is -0.136. The highest BCUT2D eigenvalue weighted by molar-refractivity contribution is 5.76. The highest BCUT2D eigenvalue weighted by Crippen LogP contribution is 2.15. The van der Waals surface area contributed by atoms with Gasteiger partial charge >= 0.3 is 0 Å². The molecule has 1 fully saturated rings. The molecule has 6 nitrogen and oxygen atoms in total. The molecule has 0 aromatic carbocycles. The van der Waals surface area contributed by atoms with Gasteiger partial charge < -0.3 is 20.1 Å². The first-order valence-electron chi connectivity index (χ1n) is 6.80. The maximum Gasteiger partial charge on any atom is 0.222 e. The van der Waals surface area contributed by atoms with Gasteiger partial charge in [0.25, 0.3) is 0 Å². The molecule has 0 atom stereocenters. The number of carbonyl (C=O) groups is 2. The minimum atomic E-state index is -0.302. The third-order valence-corrected chi connectivity index (χ3v) is 3.28. The van der Waals surface area contributed by atoms with Crippen LogP contribution < -0.4 is 5.73 Å². The molecular weight excluding hydrogens is 248 g/mol. The van der Waals surface area contributed by atoms with E-state index < -0.39 is 0 Å². The molecule has 110 valence electrons. The molecule has 0 aromatic heterocycles. The fourth-order valence-electron chi connectivity index (χ4n) is 2.17. The molecule has 0 bridgehead atoms. The van der Waals surface area contributed by atoms with Crippen molar-refractivity contribution in [3.8, 4) is 0 Å². The van der Waals surface area contributed by atoms with Gasteiger partial charge in [-0.3, -0.25) is 9.59 Å². The fourth-order valence-corrected chi connectivity index (χ4v) is 2.17. The predicted molar refractivity (Wildman–Crippen MR) is 70.2 cm³/mol. The van der Waals surface area contributed by atoms with Crippen LogP contribution in [0.4, 0.5) is 0 Å². The Kier molecular flexibility index (Phi) is 7.43. The van der Waals surface area contributed by atoms with E-state index in [0.717, 1.165) is 32.4 Å². The second kappa shape index (κ2) is 8.87. The smallest absolute Gasteiger partial charge is 0.222 e. The summed E-state index contributed by atoms with van der Waals surface area (Å²) in [4.78, 5) is 24.4. The maximum absolute atomic E-state index is 11.9. The van der Waals surface area contributed by atoms with Gasteiger partial charge in [-0.25, -0.2) is 0 Å². The van der Waals surface area contributed by atoms with Gasteiger partial charge in [0.2, 0.25) is 11.8 Å². The van der Waals surface area contributed by atoms with Crippen LogP contribution in [0.2, 0.25) is 0 Å². The van der Waals surface area contributed by atoms with Crippen LogP contribution in [0.15, 0.2) is 0 Å². The van der Waals surface area contributed by atoms with Crippen LogP contribution in [0.5, 0.6) is 0 Å². The van der Waals surface area contributed by atoms with Crippen LogP contribution in [-0.2, 0) is 19.1 Å². The van der Waals surface area contributed by atoms with Gasteiger partial charge in [0.1, 0.15) is 6.79 Å². The summed E-state index contributed by atoms with van der Waals surface area (Å²) in [6.07, 6.45) is 4.18. The van der Waals surface area contributed by atoms with Crippen molar-refractivity contribution >= 4 is 11.8 Å². The fraction of sp³-hybridized carbons (Fsp3) is 0.846. The zero-order valence-electron chi connectivity index (χ0n) is 11.6. The van der Waals surface area contributed by atoms with Gasteiger partial charge in [-0.1, -0.05) is 0 Å². The third kappa shape index (κ3) is 6.54. The largest absolute Gasteiger partial charge is 0.370 e. The first-order chi connectivity index (χ1) is 9.13. The van der Waals surface area contributed by atoms with Crippen LogP contribution in [0.1, 0.15) is 38.5 Å². The third-order valence-electron chi connectivity index (χ3n) is 3.28. The number of hydrogen-bond acceptors (Lipinski definition) is 4. The van der Waals surface area contributed by atoms with Crippen molar-refractivity contribution in [2.75, 3.05) is 27.0 Å². The zero-order valence-corrected chi connectivity index (χ0v) is 11.6. The Hall–Kier alpha value is -1.14. The number of methoxy groups -OCH3 is 1. The number of amides is 2. The molecule has 1 heterocycles. The number of nitrogens with zero attached hydrogens (tertiary/aromatic N) is 1. The lowest BCUT2D eigenvalue weighted by atomic mass is 10.1. The van der Waals surface area contributed by atoms with Crippen molar-refractivity contribution < 1.29 is 19.1 Å². The van der Waals surface area contributed by atoms with Crippen molar-refractivity contribution in [2.45, 2.75) is 44.6 Å². The van der Waals surface area contributed by atoms with Crippen molar-refractivity contribution in [3.63, 3.8) is 0 Å². The van der Waals surface area contributed by atoms with E-state index in [-0.39, 0.29) is 17.9 Å². The number of rotatable bonds is 8. The maximum atomic E-state index is 11.9. The van der Waals surface area contributed by atoms with Gasteiger partial charge in [0.05, 0.1) is 6.10 Å². The van der Waals surface area contributed by atoms with Crippen LogP contribution in [0.3, 0.4) is 0 Å². The summed E-state index contributed by atoms with van der Waals surface area (Å²) in [5, 5.41) is 0. The normalized spacial score (nSPS) is 16.6. The summed E-state index contributed by atoms with van der Waals surface area (Å²) in [6.45, 7) is 1.79. The minimum absolute atomic E-state index is 0.162. The van der Waals surface area contributed by atoms with E-state index in [1.54, 1.807) is 7.11 Å². The molecule has 0 spiro atoms. The lowest BCUT2D eigenvalue weighted by Crippen LogP contribution is -2.40. The molecule has 1 aliphatic rings. The molecule has 19 heavy (non-hydrogen) atoms. The van der Waals surface area contributed by atoms with Gasteiger partial charge in [-0.05, 0) is 25.7 Å². The number of unbranched alkanes of at least 4 members (excludes halogenated alkanes) is 1. The predicted octanol–water partition coefficient (Wildman–Crippen LogP) is 0.644. The second-order valence-corrected chi connectivity index (χ2v) is 4.83. The van der Waals surface area contributed by atoms with Gasteiger partial charge in [-0.15, -0.1) is 0 Å². The molecule has 0 aromatic rings. The Morgan fingerprint density at radius 1 is 1.21 bits per heavy atom. The summed E-state index contributed by atoms with van der Waals surface area (Å²) in [6, 6.07) is 0. The Labute approximate surface area is 114 Å². The number of hydrogen-bond donors (Lipinski definition) is 1. The molecule has 0 aliphatic carbocycles.